The summed E-state index contributed by atoms with van der Waals surface area (Å²) in [5.74, 6) is -1.04. The maximum atomic E-state index is 13.3. The molecule has 0 amide bonds. The van der Waals surface area contributed by atoms with Crippen LogP contribution in [0.3, 0.4) is 0 Å². The SMILES string of the molecule is N=NN=C(N)c1ccc2c(ccn2Cc2cc(F)cc(F)c2)c1. The summed E-state index contributed by atoms with van der Waals surface area (Å²) < 4.78 is 28.5. The van der Waals surface area contributed by atoms with E-state index in [-0.39, 0.29) is 5.84 Å². The van der Waals surface area contributed by atoms with Gasteiger partial charge in [-0.2, -0.15) is 5.53 Å². The number of halogens is 2. The van der Waals surface area contributed by atoms with Crippen LogP contribution in [0.4, 0.5) is 8.78 Å². The first-order valence-corrected chi connectivity index (χ1v) is 6.81. The highest BCUT2D eigenvalue weighted by Gasteiger charge is 2.07. The van der Waals surface area contributed by atoms with Gasteiger partial charge in [0.15, 0.2) is 5.84 Å². The van der Waals surface area contributed by atoms with Gasteiger partial charge < -0.3 is 10.3 Å². The second-order valence-corrected chi connectivity index (χ2v) is 5.08. The summed E-state index contributed by atoms with van der Waals surface area (Å²) in [5, 5.41) is 7.30. The minimum Gasteiger partial charge on any atom is -0.382 e. The molecule has 7 heteroatoms. The summed E-state index contributed by atoms with van der Waals surface area (Å²) >= 11 is 0. The number of benzene rings is 2. The molecule has 116 valence electrons. The van der Waals surface area contributed by atoms with E-state index in [4.69, 9.17) is 11.3 Å². The molecule has 0 aliphatic heterocycles. The van der Waals surface area contributed by atoms with Crippen molar-refractivity contribution in [2.45, 2.75) is 6.54 Å². The molecule has 5 nitrogen and oxygen atoms in total. The molecular formula is C16H13F2N5. The van der Waals surface area contributed by atoms with Gasteiger partial charge in [-0.3, -0.25) is 0 Å². The molecule has 0 aliphatic carbocycles. The van der Waals surface area contributed by atoms with Crippen LogP contribution in [0.2, 0.25) is 0 Å². The van der Waals surface area contributed by atoms with E-state index in [0.717, 1.165) is 17.0 Å². The molecule has 3 aromatic rings. The van der Waals surface area contributed by atoms with Gasteiger partial charge >= 0.3 is 0 Å². The van der Waals surface area contributed by atoms with E-state index in [1.807, 2.05) is 29.0 Å². The number of fused-ring (bicyclic) bond motifs is 1. The van der Waals surface area contributed by atoms with Gasteiger partial charge in [-0.05, 0) is 42.0 Å². The summed E-state index contributed by atoms with van der Waals surface area (Å²) in [5.41, 5.74) is 14.5. The van der Waals surface area contributed by atoms with E-state index in [2.05, 4.69) is 10.3 Å². The molecule has 0 bridgehead atoms. The Labute approximate surface area is 130 Å². The molecule has 0 saturated carbocycles. The Balaban J connectivity index is 1.96. The highest BCUT2D eigenvalue weighted by Crippen LogP contribution is 2.20. The van der Waals surface area contributed by atoms with Crippen molar-refractivity contribution in [2.75, 3.05) is 0 Å². The Morgan fingerprint density at radius 2 is 1.83 bits per heavy atom. The van der Waals surface area contributed by atoms with Gasteiger partial charge in [0, 0.05) is 35.3 Å². The molecule has 2 aromatic carbocycles. The summed E-state index contributed by atoms with van der Waals surface area (Å²) in [6.07, 6.45) is 1.83. The van der Waals surface area contributed by atoms with Crippen molar-refractivity contribution in [1.29, 1.82) is 5.53 Å². The molecule has 0 aliphatic rings. The fourth-order valence-corrected chi connectivity index (χ4v) is 2.51. The number of nitrogens with one attached hydrogen (secondary N) is 1. The summed E-state index contributed by atoms with van der Waals surface area (Å²) in [6, 6.07) is 10.8. The zero-order chi connectivity index (χ0) is 16.4. The normalized spacial score (nSPS) is 11.8. The van der Waals surface area contributed by atoms with Crippen LogP contribution in [0, 0.1) is 17.2 Å². The van der Waals surface area contributed by atoms with E-state index in [0.29, 0.717) is 17.7 Å². The summed E-state index contributed by atoms with van der Waals surface area (Å²) in [4.78, 5) is 0. The van der Waals surface area contributed by atoms with Crippen LogP contribution >= 0.6 is 0 Å². The molecule has 0 unspecified atom stereocenters. The van der Waals surface area contributed by atoms with Gasteiger partial charge in [0.05, 0.1) is 0 Å². The van der Waals surface area contributed by atoms with Gasteiger partial charge in [0.2, 0.25) is 0 Å². The van der Waals surface area contributed by atoms with Gasteiger partial charge in [-0.15, -0.1) is 5.10 Å². The second-order valence-electron chi connectivity index (χ2n) is 5.08. The van der Waals surface area contributed by atoms with E-state index >= 15 is 0 Å². The Kier molecular flexibility index (Phi) is 3.84. The average molecular weight is 313 g/mol. The smallest absolute Gasteiger partial charge is 0.155 e. The van der Waals surface area contributed by atoms with E-state index in [1.165, 1.54) is 12.1 Å². The Morgan fingerprint density at radius 3 is 2.52 bits per heavy atom. The number of amidine groups is 1. The van der Waals surface area contributed by atoms with E-state index in [1.54, 1.807) is 6.07 Å². The highest BCUT2D eigenvalue weighted by atomic mass is 19.1. The van der Waals surface area contributed by atoms with Gasteiger partial charge in [-0.25, -0.2) is 8.78 Å². The third kappa shape index (κ3) is 3.08. The largest absolute Gasteiger partial charge is 0.382 e. The zero-order valence-corrected chi connectivity index (χ0v) is 12.0. The molecule has 23 heavy (non-hydrogen) atoms. The van der Waals surface area contributed by atoms with Crippen LogP contribution < -0.4 is 5.73 Å². The first-order chi connectivity index (χ1) is 11.1. The zero-order valence-electron chi connectivity index (χ0n) is 12.0. The lowest BCUT2D eigenvalue weighted by molar-refractivity contribution is 0.578. The predicted molar refractivity (Wildman–Crippen MR) is 83.3 cm³/mol. The minimum atomic E-state index is -0.595. The monoisotopic (exact) mass is 313 g/mol. The minimum absolute atomic E-state index is 0.154. The average Bonchev–Trinajstić information content (AvgIpc) is 2.89. The van der Waals surface area contributed by atoms with Crippen molar-refractivity contribution < 1.29 is 8.78 Å². The maximum Gasteiger partial charge on any atom is 0.155 e. The Hall–Kier alpha value is -3.09. The molecule has 0 fully saturated rings. The Bertz CT molecular complexity index is 894. The number of nitrogens with two attached hydrogens (primary N) is 1. The van der Waals surface area contributed by atoms with Crippen LogP contribution in [0.1, 0.15) is 11.1 Å². The molecular weight excluding hydrogens is 300 g/mol. The Morgan fingerprint density at radius 1 is 1.09 bits per heavy atom. The molecule has 0 saturated heterocycles. The first-order valence-electron chi connectivity index (χ1n) is 6.81. The van der Waals surface area contributed by atoms with E-state index in [9.17, 15) is 8.78 Å². The topological polar surface area (TPSA) is 79.5 Å². The van der Waals surface area contributed by atoms with Crippen LogP contribution in [-0.2, 0) is 6.54 Å². The number of nitrogens with zero attached hydrogens (tertiary/aromatic N) is 3. The van der Waals surface area contributed by atoms with Crippen LogP contribution in [0.15, 0.2) is 59.0 Å². The quantitative estimate of drug-likeness (QED) is 0.328. The molecule has 1 aromatic heterocycles. The molecule has 0 atom stereocenters. The van der Waals surface area contributed by atoms with Crippen molar-refractivity contribution in [1.82, 2.24) is 4.57 Å². The van der Waals surface area contributed by atoms with Crippen molar-refractivity contribution in [3.05, 3.63) is 71.4 Å². The number of rotatable bonds is 4. The molecule has 0 radical (unpaired) electrons. The third-order valence-corrected chi connectivity index (χ3v) is 3.50. The van der Waals surface area contributed by atoms with Crippen molar-refractivity contribution in [3.63, 3.8) is 0 Å². The number of hydrogen-bond donors (Lipinski definition) is 2. The van der Waals surface area contributed by atoms with Gasteiger partial charge in [0.1, 0.15) is 11.6 Å². The summed E-state index contributed by atoms with van der Waals surface area (Å²) in [6.45, 7) is 0.350. The standard InChI is InChI=1S/C16H13F2N5/c17-13-5-10(6-14(18)8-13)9-23-4-3-11-7-12(1-2-15(11)23)16(19)21-22-20/h1-8H,9H2,(H3,19,20,21). The summed E-state index contributed by atoms with van der Waals surface area (Å²) in [7, 11) is 0. The van der Waals surface area contributed by atoms with Crippen LogP contribution in [0.25, 0.3) is 10.9 Å². The lowest BCUT2D eigenvalue weighted by atomic mass is 10.1. The third-order valence-electron chi connectivity index (χ3n) is 3.50. The van der Waals surface area contributed by atoms with Crippen molar-refractivity contribution in [3.8, 4) is 0 Å². The molecule has 3 rings (SSSR count). The van der Waals surface area contributed by atoms with E-state index < -0.39 is 11.6 Å². The highest BCUT2D eigenvalue weighted by molar-refractivity contribution is 6.00. The first kappa shape index (κ1) is 14.8. The van der Waals surface area contributed by atoms with Crippen LogP contribution in [0.5, 0.6) is 0 Å². The van der Waals surface area contributed by atoms with Crippen molar-refractivity contribution in [2.24, 2.45) is 16.1 Å². The van der Waals surface area contributed by atoms with Crippen LogP contribution in [-0.4, -0.2) is 10.4 Å². The second kappa shape index (κ2) is 5.96. The molecule has 1 heterocycles. The molecule has 0 spiro atoms. The fraction of sp³-hybridized carbons (Fsp3) is 0.0625. The number of hydrogen-bond acceptors (Lipinski definition) is 2. The number of aromatic nitrogens is 1. The van der Waals surface area contributed by atoms with Gasteiger partial charge in [-0.1, -0.05) is 5.22 Å². The molecule has 3 N–H and O–H groups in total. The fourth-order valence-electron chi connectivity index (χ4n) is 2.51. The van der Waals surface area contributed by atoms with Gasteiger partial charge in [0.25, 0.3) is 0 Å². The maximum absolute atomic E-state index is 13.3. The predicted octanol–water partition coefficient (Wildman–Crippen LogP) is 3.62. The lowest BCUT2D eigenvalue weighted by Crippen LogP contribution is -2.12. The lowest BCUT2D eigenvalue weighted by Gasteiger charge is -2.07. The van der Waals surface area contributed by atoms with Crippen molar-refractivity contribution >= 4 is 16.7 Å².